The number of aliphatic hydroxyl groups is 2. The number of esters is 1. The lowest BCUT2D eigenvalue weighted by Gasteiger charge is -2.10. The summed E-state index contributed by atoms with van der Waals surface area (Å²) in [6.45, 7) is 3.64. The molecule has 150 valence electrons. The Morgan fingerprint density at radius 1 is 1.22 bits per heavy atom. The molecule has 0 radical (unpaired) electrons. The molecule has 1 aliphatic carbocycles. The van der Waals surface area contributed by atoms with E-state index in [4.69, 9.17) is 9.84 Å². The van der Waals surface area contributed by atoms with Crippen LogP contribution in [0.2, 0.25) is 0 Å². The summed E-state index contributed by atoms with van der Waals surface area (Å²) in [5.41, 5.74) is 0.727. The van der Waals surface area contributed by atoms with E-state index in [1.54, 1.807) is 18.2 Å². The van der Waals surface area contributed by atoms with Gasteiger partial charge in [-0.1, -0.05) is 36.5 Å². The maximum atomic E-state index is 12.0. The molecule has 1 rings (SSSR count). The third-order valence-electron chi connectivity index (χ3n) is 4.13. The number of rotatable bonds is 12. The summed E-state index contributed by atoms with van der Waals surface area (Å²) in [4.78, 5) is 23.4. The zero-order chi connectivity index (χ0) is 20.1. The van der Waals surface area contributed by atoms with E-state index < -0.39 is 6.10 Å². The molecule has 5 heteroatoms. The molecule has 27 heavy (non-hydrogen) atoms. The van der Waals surface area contributed by atoms with Crippen LogP contribution in [-0.4, -0.2) is 40.8 Å². The number of carbonyl (C=O) groups excluding carboxylic acids is 2. The van der Waals surface area contributed by atoms with Crippen LogP contribution in [-0.2, 0) is 14.3 Å². The first kappa shape index (κ1) is 23.1. The lowest BCUT2D eigenvalue weighted by molar-refractivity contribution is -0.147. The fourth-order valence-corrected chi connectivity index (χ4v) is 2.78. The first-order valence-electron chi connectivity index (χ1n) is 9.65. The smallest absolute Gasteiger partial charge is 0.306 e. The van der Waals surface area contributed by atoms with Crippen LogP contribution >= 0.6 is 0 Å². The molecule has 0 amide bonds. The van der Waals surface area contributed by atoms with Gasteiger partial charge in [0.1, 0.15) is 0 Å². The van der Waals surface area contributed by atoms with Crippen LogP contribution in [0, 0.1) is 5.92 Å². The predicted octanol–water partition coefficient (Wildman–Crippen LogP) is 3.43. The molecule has 1 aliphatic rings. The summed E-state index contributed by atoms with van der Waals surface area (Å²) >= 11 is 0. The van der Waals surface area contributed by atoms with Crippen molar-refractivity contribution in [2.75, 3.05) is 6.61 Å². The fourth-order valence-electron chi connectivity index (χ4n) is 2.78. The van der Waals surface area contributed by atoms with Crippen molar-refractivity contribution in [2.24, 2.45) is 5.92 Å². The number of ketones is 1. The summed E-state index contributed by atoms with van der Waals surface area (Å²) in [6.07, 6.45) is 15.6. The lowest BCUT2D eigenvalue weighted by atomic mass is 9.96. The van der Waals surface area contributed by atoms with Crippen LogP contribution in [0.1, 0.15) is 52.4 Å². The maximum Gasteiger partial charge on any atom is 0.306 e. The first-order chi connectivity index (χ1) is 12.9. The van der Waals surface area contributed by atoms with E-state index in [2.05, 4.69) is 0 Å². The number of hydrogen-bond acceptors (Lipinski definition) is 5. The number of hydrogen-bond donors (Lipinski definition) is 2. The highest BCUT2D eigenvalue weighted by molar-refractivity contribution is 6.07. The summed E-state index contributed by atoms with van der Waals surface area (Å²) in [5, 5.41) is 18.6. The van der Waals surface area contributed by atoms with Crippen molar-refractivity contribution in [2.45, 2.75) is 64.6 Å². The van der Waals surface area contributed by atoms with Gasteiger partial charge in [-0.2, -0.15) is 0 Å². The van der Waals surface area contributed by atoms with E-state index in [9.17, 15) is 14.7 Å². The zero-order valence-electron chi connectivity index (χ0n) is 16.3. The van der Waals surface area contributed by atoms with Crippen LogP contribution in [0.5, 0.6) is 0 Å². The van der Waals surface area contributed by atoms with Gasteiger partial charge < -0.3 is 14.9 Å². The molecule has 0 saturated carbocycles. The van der Waals surface area contributed by atoms with Gasteiger partial charge in [0.05, 0.1) is 18.8 Å². The SMILES string of the molecule is CC(C)OC(=O)CCC/C=C\C[C@H]1C=CC(=O)/C1=C/C[C@@H](O)C/C=C\CO. The Labute approximate surface area is 162 Å². The van der Waals surface area contributed by atoms with Gasteiger partial charge in [0, 0.05) is 17.9 Å². The molecule has 0 bridgehead atoms. The predicted molar refractivity (Wildman–Crippen MR) is 106 cm³/mol. The van der Waals surface area contributed by atoms with Gasteiger partial charge in [0.15, 0.2) is 5.78 Å². The van der Waals surface area contributed by atoms with E-state index >= 15 is 0 Å². The molecule has 0 spiro atoms. The molecule has 2 atom stereocenters. The highest BCUT2D eigenvalue weighted by Gasteiger charge is 2.21. The van der Waals surface area contributed by atoms with Gasteiger partial charge in [-0.3, -0.25) is 9.59 Å². The van der Waals surface area contributed by atoms with Gasteiger partial charge in [-0.05, 0) is 52.0 Å². The Kier molecular flexibility index (Phi) is 11.3. The summed E-state index contributed by atoms with van der Waals surface area (Å²) in [5.74, 6) is -0.122. The minimum atomic E-state index is -0.560. The minimum absolute atomic E-state index is 0.00271. The molecule has 0 aromatic carbocycles. The standard InChI is InChI=1S/C22H32O5/c1-17(2)27-22(26)11-6-4-3-5-9-18-12-15-21(25)20(18)14-13-19(24)10-7-8-16-23/h3,5,7-8,12,14-15,17-19,23-24H,4,6,9-11,13,16H2,1-2H3/b5-3-,8-7-,20-14+/t18-,19-/m0/s1. The molecule has 0 fully saturated rings. The van der Waals surface area contributed by atoms with Crippen LogP contribution in [0.4, 0.5) is 0 Å². The third-order valence-corrected chi connectivity index (χ3v) is 4.13. The van der Waals surface area contributed by atoms with Crippen molar-refractivity contribution < 1.29 is 24.5 Å². The fraction of sp³-hybridized carbons (Fsp3) is 0.545. The van der Waals surface area contributed by atoms with Crippen LogP contribution in [0.3, 0.4) is 0 Å². The Hall–Kier alpha value is -1.98. The van der Waals surface area contributed by atoms with E-state index in [1.807, 2.05) is 38.2 Å². The molecule has 2 N–H and O–H groups in total. The number of ether oxygens (including phenoxy) is 1. The minimum Gasteiger partial charge on any atom is -0.463 e. The number of allylic oxidation sites excluding steroid dienone is 5. The van der Waals surface area contributed by atoms with Crippen LogP contribution in [0.25, 0.3) is 0 Å². The quantitative estimate of drug-likeness (QED) is 0.236. The van der Waals surface area contributed by atoms with Gasteiger partial charge >= 0.3 is 5.97 Å². The Morgan fingerprint density at radius 2 is 2.00 bits per heavy atom. The molecule has 5 nitrogen and oxygen atoms in total. The topological polar surface area (TPSA) is 83.8 Å². The average molecular weight is 376 g/mol. The highest BCUT2D eigenvalue weighted by Crippen LogP contribution is 2.26. The number of carbonyl (C=O) groups is 2. The van der Waals surface area contributed by atoms with Gasteiger partial charge in [0.2, 0.25) is 0 Å². The van der Waals surface area contributed by atoms with Gasteiger partial charge in [-0.25, -0.2) is 0 Å². The first-order valence-corrected chi connectivity index (χ1v) is 9.65. The average Bonchev–Trinajstić information content (AvgIpc) is 2.95. The molecule has 0 aliphatic heterocycles. The Morgan fingerprint density at radius 3 is 2.70 bits per heavy atom. The second-order valence-corrected chi connectivity index (χ2v) is 6.91. The summed E-state index contributed by atoms with van der Waals surface area (Å²) in [6, 6.07) is 0. The van der Waals surface area contributed by atoms with Crippen molar-refractivity contribution >= 4 is 11.8 Å². The second-order valence-electron chi connectivity index (χ2n) is 6.91. The van der Waals surface area contributed by atoms with Crippen molar-refractivity contribution in [3.63, 3.8) is 0 Å². The van der Waals surface area contributed by atoms with E-state index in [1.165, 1.54) is 0 Å². The normalized spacial score (nSPS) is 19.8. The highest BCUT2D eigenvalue weighted by atomic mass is 16.5. The second kappa shape index (κ2) is 13.2. The van der Waals surface area contributed by atoms with Gasteiger partial charge in [-0.15, -0.1) is 0 Å². The van der Waals surface area contributed by atoms with E-state index in [0.29, 0.717) is 19.3 Å². The van der Waals surface area contributed by atoms with E-state index in [-0.39, 0.29) is 30.4 Å². The molecule has 0 saturated heterocycles. The Balaban J connectivity index is 2.37. The van der Waals surface area contributed by atoms with Crippen molar-refractivity contribution in [3.05, 3.63) is 48.1 Å². The van der Waals surface area contributed by atoms with Gasteiger partial charge in [0.25, 0.3) is 0 Å². The molecule has 0 aromatic rings. The maximum absolute atomic E-state index is 12.0. The van der Waals surface area contributed by atoms with Crippen LogP contribution < -0.4 is 0 Å². The number of unbranched alkanes of at least 4 members (excludes halogenated alkanes) is 1. The van der Waals surface area contributed by atoms with E-state index in [0.717, 1.165) is 24.8 Å². The lowest BCUT2D eigenvalue weighted by Crippen LogP contribution is -2.10. The zero-order valence-corrected chi connectivity index (χ0v) is 16.3. The van der Waals surface area contributed by atoms with Crippen molar-refractivity contribution in [1.82, 2.24) is 0 Å². The third kappa shape index (κ3) is 10.1. The van der Waals surface area contributed by atoms with Crippen molar-refractivity contribution in [1.29, 1.82) is 0 Å². The molecular weight excluding hydrogens is 344 g/mol. The molecule has 0 heterocycles. The van der Waals surface area contributed by atoms with Crippen LogP contribution in [0.15, 0.2) is 48.1 Å². The molecule has 0 unspecified atom stereocenters. The van der Waals surface area contributed by atoms with Crippen molar-refractivity contribution in [3.8, 4) is 0 Å². The largest absolute Gasteiger partial charge is 0.463 e. The Bertz CT molecular complexity index is 584. The monoisotopic (exact) mass is 376 g/mol. The molecular formula is C22H32O5. The number of aliphatic hydroxyl groups excluding tert-OH is 2. The molecule has 0 aromatic heterocycles. The summed E-state index contributed by atoms with van der Waals surface area (Å²) < 4.78 is 5.09. The summed E-state index contributed by atoms with van der Waals surface area (Å²) in [7, 11) is 0.